The molecule has 0 unspecified atom stereocenters. The Hall–Kier alpha value is -3.52. The molecule has 28 heavy (non-hydrogen) atoms. The number of hydrogen-bond donors (Lipinski definition) is 1. The van der Waals surface area contributed by atoms with Gasteiger partial charge >= 0.3 is 5.97 Å². The number of carbonyl (C=O) groups is 2. The second kappa shape index (κ2) is 7.61. The van der Waals surface area contributed by atoms with Crippen molar-refractivity contribution in [3.63, 3.8) is 0 Å². The van der Waals surface area contributed by atoms with Crippen LogP contribution in [0.5, 0.6) is 0 Å². The van der Waals surface area contributed by atoms with Crippen LogP contribution in [0.4, 0.5) is 5.69 Å². The smallest absolute Gasteiger partial charge is 0.350 e. The zero-order valence-corrected chi connectivity index (χ0v) is 15.8. The molecule has 0 saturated carbocycles. The first-order chi connectivity index (χ1) is 13.7. The van der Waals surface area contributed by atoms with E-state index >= 15 is 0 Å². The molecule has 1 N–H and O–H groups in total. The Kier molecular flexibility index (Phi) is 4.86. The zero-order chi connectivity index (χ0) is 19.5. The average Bonchev–Trinajstić information content (AvgIpc) is 3.35. The van der Waals surface area contributed by atoms with Crippen LogP contribution < -0.4 is 5.32 Å². The molecule has 0 saturated heterocycles. The maximum atomic E-state index is 12.6. The normalized spacial score (nSPS) is 10.8. The second-order valence-corrected chi connectivity index (χ2v) is 6.95. The first-order valence-corrected chi connectivity index (χ1v) is 9.36. The number of pyridine rings is 1. The topological polar surface area (TPSA) is 86.1 Å². The minimum atomic E-state index is -0.485. The lowest BCUT2D eigenvalue weighted by Gasteiger charge is -2.06. The van der Waals surface area contributed by atoms with E-state index in [-0.39, 0.29) is 5.91 Å². The van der Waals surface area contributed by atoms with Crippen molar-refractivity contribution >= 4 is 39.9 Å². The van der Waals surface area contributed by atoms with Crippen LogP contribution in [0, 0.1) is 0 Å². The molecule has 0 fully saturated rings. The molecule has 3 aromatic heterocycles. The van der Waals surface area contributed by atoms with Gasteiger partial charge in [-0.3, -0.25) is 4.79 Å². The number of amides is 1. The fourth-order valence-corrected chi connectivity index (χ4v) is 3.59. The molecule has 0 atom stereocenters. The van der Waals surface area contributed by atoms with Crippen molar-refractivity contribution < 1.29 is 14.3 Å². The van der Waals surface area contributed by atoms with Gasteiger partial charge in [0.1, 0.15) is 4.88 Å². The Morgan fingerprint density at radius 1 is 1.18 bits per heavy atom. The molecule has 3 heterocycles. The second-order valence-electron chi connectivity index (χ2n) is 6.03. The van der Waals surface area contributed by atoms with Crippen LogP contribution in [0.25, 0.3) is 11.0 Å². The van der Waals surface area contributed by atoms with Gasteiger partial charge in [0, 0.05) is 11.6 Å². The van der Waals surface area contributed by atoms with Gasteiger partial charge in [-0.1, -0.05) is 30.3 Å². The van der Waals surface area contributed by atoms with Crippen LogP contribution >= 0.6 is 11.3 Å². The number of carbonyl (C=O) groups excluding carboxylic acids is 2. The van der Waals surface area contributed by atoms with Crippen LogP contribution in [-0.4, -0.2) is 33.8 Å². The van der Waals surface area contributed by atoms with Crippen molar-refractivity contribution in [2.45, 2.75) is 6.54 Å². The average molecular weight is 392 g/mol. The summed E-state index contributed by atoms with van der Waals surface area (Å²) in [5, 5.41) is 9.60. The predicted octanol–water partition coefficient (Wildman–Crippen LogP) is 3.58. The summed E-state index contributed by atoms with van der Waals surface area (Å²) in [6.07, 6.45) is 3.19. The van der Waals surface area contributed by atoms with Crippen molar-refractivity contribution in [2.24, 2.45) is 0 Å². The molecule has 0 bridgehead atoms. The number of thiophene rings is 1. The summed E-state index contributed by atoms with van der Waals surface area (Å²) < 4.78 is 6.52. The lowest BCUT2D eigenvalue weighted by atomic mass is 10.2. The van der Waals surface area contributed by atoms with Crippen LogP contribution in [0.2, 0.25) is 0 Å². The van der Waals surface area contributed by atoms with Crippen molar-refractivity contribution in [3.8, 4) is 0 Å². The van der Waals surface area contributed by atoms with E-state index in [0.717, 1.165) is 10.9 Å². The molecule has 0 aliphatic heterocycles. The van der Waals surface area contributed by atoms with Crippen molar-refractivity contribution in [3.05, 3.63) is 76.2 Å². The molecule has 1 aromatic carbocycles. The number of esters is 1. The van der Waals surface area contributed by atoms with Gasteiger partial charge in [0.25, 0.3) is 5.91 Å². The first kappa shape index (κ1) is 17.9. The molecule has 4 rings (SSSR count). The molecule has 1 amide bonds. The van der Waals surface area contributed by atoms with Crippen LogP contribution in [0.3, 0.4) is 0 Å². The molecule has 0 aliphatic rings. The molecular formula is C20H16N4O3S. The van der Waals surface area contributed by atoms with E-state index in [0.29, 0.717) is 28.3 Å². The lowest BCUT2D eigenvalue weighted by Crippen LogP contribution is -2.14. The first-order valence-electron chi connectivity index (χ1n) is 8.48. The molecular weight excluding hydrogens is 376 g/mol. The summed E-state index contributed by atoms with van der Waals surface area (Å²) >= 11 is 1.21. The van der Waals surface area contributed by atoms with Gasteiger partial charge < -0.3 is 10.1 Å². The summed E-state index contributed by atoms with van der Waals surface area (Å²) in [4.78, 5) is 29.1. The number of nitrogens with zero attached hydrogens (tertiary/aromatic N) is 3. The third kappa shape index (κ3) is 3.49. The van der Waals surface area contributed by atoms with Crippen molar-refractivity contribution in [2.75, 3.05) is 12.4 Å². The Labute approximate surface area is 164 Å². The van der Waals surface area contributed by atoms with E-state index in [1.54, 1.807) is 28.4 Å². The monoisotopic (exact) mass is 392 g/mol. The predicted molar refractivity (Wildman–Crippen MR) is 107 cm³/mol. The van der Waals surface area contributed by atoms with Gasteiger partial charge in [0.05, 0.1) is 31.1 Å². The van der Waals surface area contributed by atoms with Gasteiger partial charge in [-0.05, 0) is 23.1 Å². The fourth-order valence-electron chi connectivity index (χ4n) is 2.82. The summed E-state index contributed by atoms with van der Waals surface area (Å²) in [6, 6.07) is 13.4. The maximum absolute atomic E-state index is 12.6. The number of anilines is 1. The minimum absolute atomic E-state index is 0.348. The van der Waals surface area contributed by atoms with E-state index in [1.807, 2.05) is 30.3 Å². The molecule has 0 aliphatic carbocycles. The maximum Gasteiger partial charge on any atom is 0.350 e. The molecule has 140 valence electrons. The van der Waals surface area contributed by atoms with E-state index in [9.17, 15) is 9.59 Å². The highest BCUT2D eigenvalue weighted by molar-refractivity contribution is 7.12. The highest BCUT2D eigenvalue weighted by Crippen LogP contribution is 2.24. The fraction of sp³-hybridized carbons (Fsp3) is 0.100. The van der Waals surface area contributed by atoms with Crippen LogP contribution in [0.1, 0.15) is 25.6 Å². The molecule has 4 aromatic rings. The van der Waals surface area contributed by atoms with E-state index in [2.05, 4.69) is 15.4 Å². The van der Waals surface area contributed by atoms with Gasteiger partial charge in [0.15, 0.2) is 5.65 Å². The Morgan fingerprint density at radius 3 is 2.79 bits per heavy atom. The number of rotatable bonds is 5. The van der Waals surface area contributed by atoms with E-state index in [1.165, 1.54) is 24.6 Å². The number of benzene rings is 1. The zero-order valence-electron chi connectivity index (χ0n) is 15.0. The third-order valence-corrected chi connectivity index (χ3v) is 5.09. The number of methoxy groups -OCH3 is 1. The Morgan fingerprint density at radius 2 is 2.00 bits per heavy atom. The van der Waals surface area contributed by atoms with Crippen molar-refractivity contribution in [1.29, 1.82) is 0 Å². The number of ether oxygens (including phenoxy) is 1. The summed E-state index contributed by atoms with van der Waals surface area (Å²) in [6.45, 7) is 0.597. The summed E-state index contributed by atoms with van der Waals surface area (Å²) in [7, 11) is 1.30. The Balaban J connectivity index is 1.56. The highest BCUT2D eigenvalue weighted by atomic mass is 32.1. The highest BCUT2D eigenvalue weighted by Gasteiger charge is 2.17. The quantitative estimate of drug-likeness (QED) is 0.525. The van der Waals surface area contributed by atoms with E-state index in [4.69, 9.17) is 4.74 Å². The third-order valence-electron chi connectivity index (χ3n) is 4.20. The number of hydrogen-bond acceptors (Lipinski definition) is 6. The largest absolute Gasteiger partial charge is 0.465 e. The SMILES string of the molecule is COC(=O)c1sccc1NC(=O)c1cnc2c(cnn2Cc2ccccc2)c1. The molecule has 7 nitrogen and oxygen atoms in total. The van der Waals surface area contributed by atoms with Crippen LogP contribution in [0.15, 0.2) is 60.2 Å². The summed E-state index contributed by atoms with van der Waals surface area (Å²) in [5.41, 5.74) is 2.62. The standard InChI is InChI=1S/C20H16N4O3S/c1-27-20(26)17-16(7-8-28-17)23-19(25)15-9-14-11-22-24(18(14)21-10-15)12-13-5-3-2-4-6-13/h2-11H,12H2,1H3,(H,23,25). The minimum Gasteiger partial charge on any atom is -0.465 e. The molecule has 8 heteroatoms. The number of nitrogens with one attached hydrogen (secondary N) is 1. The van der Waals surface area contributed by atoms with Gasteiger partial charge in [0.2, 0.25) is 0 Å². The van der Waals surface area contributed by atoms with Gasteiger partial charge in [-0.25, -0.2) is 14.5 Å². The number of fused-ring (bicyclic) bond motifs is 1. The lowest BCUT2D eigenvalue weighted by molar-refractivity contribution is 0.0607. The molecule has 0 spiro atoms. The van der Waals surface area contributed by atoms with E-state index < -0.39 is 5.97 Å². The van der Waals surface area contributed by atoms with Crippen molar-refractivity contribution in [1.82, 2.24) is 14.8 Å². The van der Waals surface area contributed by atoms with Crippen LogP contribution in [-0.2, 0) is 11.3 Å². The Bertz CT molecular complexity index is 1150. The number of aromatic nitrogens is 3. The van der Waals surface area contributed by atoms with Gasteiger partial charge in [-0.2, -0.15) is 5.10 Å². The van der Waals surface area contributed by atoms with Gasteiger partial charge in [-0.15, -0.1) is 11.3 Å². The summed E-state index contributed by atoms with van der Waals surface area (Å²) in [5.74, 6) is -0.838. The molecule has 0 radical (unpaired) electrons.